The van der Waals surface area contributed by atoms with Crippen molar-refractivity contribution in [1.82, 2.24) is 24.4 Å². The van der Waals surface area contributed by atoms with Crippen LogP contribution in [0.25, 0.3) is 11.2 Å². The molecule has 0 aromatic carbocycles. The summed E-state index contributed by atoms with van der Waals surface area (Å²) in [6, 6.07) is 0. The third-order valence-corrected chi connectivity index (χ3v) is 10.1. The van der Waals surface area contributed by atoms with E-state index in [2.05, 4.69) is 28.3 Å². The fourth-order valence-corrected chi connectivity index (χ4v) is 7.89. The molecule has 0 aliphatic carbocycles. The van der Waals surface area contributed by atoms with Crippen molar-refractivity contribution in [2.24, 2.45) is 13.0 Å². The van der Waals surface area contributed by atoms with Crippen LogP contribution in [-0.2, 0) is 18.3 Å². The molecule has 32 heavy (non-hydrogen) atoms. The molecule has 0 amide bonds. The molecule has 2 aromatic rings. The SMILES string of the molecule is CCC[CH2][Sn][c]1nc(N2CCOCC2)c2nc(CN3CCC(C(C)(C)O)CC3)n(C)c2n1. The van der Waals surface area contributed by atoms with E-state index in [1.54, 1.807) is 0 Å². The van der Waals surface area contributed by atoms with Gasteiger partial charge in [0.15, 0.2) is 0 Å². The molecular weight excluding hydrogens is 511 g/mol. The van der Waals surface area contributed by atoms with Crippen molar-refractivity contribution >= 4 is 42.0 Å². The first kappa shape index (κ1) is 24.2. The summed E-state index contributed by atoms with van der Waals surface area (Å²) >= 11 is -0.784. The van der Waals surface area contributed by atoms with Gasteiger partial charge in [-0.05, 0) is 0 Å². The second kappa shape index (κ2) is 10.5. The number of likely N-dealkylation sites (tertiary alicyclic amines) is 1. The van der Waals surface area contributed by atoms with Gasteiger partial charge in [-0.1, -0.05) is 0 Å². The fraction of sp³-hybridized carbons (Fsp3) is 0.783. The Morgan fingerprint density at radius 1 is 1.09 bits per heavy atom. The molecule has 2 aromatic heterocycles. The summed E-state index contributed by atoms with van der Waals surface area (Å²) in [7, 11) is 2.10. The van der Waals surface area contributed by atoms with E-state index in [1.807, 2.05) is 13.8 Å². The van der Waals surface area contributed by atoms with Crippen LogP contribution in [0.5, 0.6) is 0 Å². The average Bonchev–Trinajstić information content (AvgIpc) is 3.09. The van der Waals surface area contributed by atoms with Gasteiger partial charge < -0.3 is 0 Å². The summed E-state index contributed by atoms with van der Waals surface area (Å²) < 4.78 is 10.1. The third kappa shape index (κ3) is 5.56. The third-order valence-electron chi connectivity index (χ3n) is 6.87. The van der Waals surface area contributed by atoms with Crippen LogP contribution in [0, 0.1) is 5.92 Å². The molecule has 2 radical (unpaired) electrons. The number of fused-ring (bicyclic) bond motifs is 1. The number of aryl methyl sites for hydroxylation is 1. The number of piperidine rings is 1. The Hall–Kier alpha value is -0.971. The molecule has 2 aliphatic heterocycles. The quantitative estimate of drug-likeness (QED) is 0.397. The molecule has 0 bridgehead atoms. The number of nitrogens with zero attached hydrogens (tertiary/aromatic N) is 6. The zero-order valence-corrected chi connectivity index (χ0v) is 23.0. The van der Waals surface area contributed by atoms with E-state index in [0.29, 0.717) is 5.92 Å². The van der Waals surface area contributed by atoms with Crippen molar-refractivity contribution in [1.29, 1.82) is 0 Å². The van der Waals surface area contributed by atoms with E-state index in [9.17, 15) is 5.11 Å². The van der Waals surface area contributed by atoms with Crippen molar-refractivity contribution in [3.05, 3.63) is 5.82 Å². The Balaban J connectivity index is 1.58. The van der Waals surface area contributed by atoms with Gasteiger partial charge in [0.2, 0.25) is 0 Å². The molecule has 0 spiro atoms. The van der Waals surface area contributed by atoms with Gasteiger partial charge in [0, 0.05) is 0 Å². The van der Waals surface area contributed by atoms with Gasteiger partial charge in [0.05, 0.1) is 0 Å². The minimum absolute atomic E-state index is 0.370. The van der Waals surface area contributed by atoms with Gasteiger partial charge in [-0.2, -0.15) is 0 Å². The van der Waals surface area contributed by atoms with E-state index in [1.165, 1.54) is 17.3 Å². The number of aromatic nitrogens is 4. The molecule has 176 valence electrons. The van der Waals surface area contributed by atoms with Crippen molar-refractivity contribution in [2.45, 2.75) is 63.0 Å². The molecule has 0 saturated carbocycles. The van der Waals surface area contributed by atoms with Gasteiger partial charge >= 0.3 is 202 Å². The van der Waals surface area contributed by atoms with Crippen LogP contribution in [-0.4, -0.2) is 95.7 Å². The molecule has 8 nitrogen and oxygen atoms in total. The average molecular weight is 549 g/mol. The van der Waals surface area contributed by atoms with Crippen LogP contribution in [0.15, 0.2) is 0 Å². The van der Waals surface area contributed by atoms with E-state index in [0.717, 1.165) is 85.4 Å². The van der Waals surface area contributed by atoms with Crippen LogP contribution in [0.2, 0.25) is 4.44 Å². The van der Waals surface area contributed by atoms with Crippen molar-refractivity contribution in [3.8, 4) is 0 Å². The Labute approximate surface area is 202 Å². The van der Waals surface area contributed by atoms with Crippen LogP contribution < -0.4 is 8.74 Å². The zero-order chi connectivity index (χ0) is 22.7. The number of ether oxygens (including phenoxy) is 1. The van der Waals surface area contributed by atoms with E-state index in [-0.39, 0.29) is 0 Å². The van der Waals surface area contributed by atoms with Gasteiger partial charge in [-0.25, -0.2) is 0 Å². The Kier molecular flexibility index (Phi) is 7.95. The number of unbranched alkanes of at least 4 members (excludes halogenated alkanes) is 1. The first-order chi connectivity index (χ1) is 15.4. The summed E-state index contributed by atoms with van der Waals surface area (Å²) in [6.07, 6.45) is 4.57. The Bertz CT molecular complexity index is 898. The normalized spacial score (nSPS) is 19.2. The van der Waals surface area contributed by atoms with Gasteiger partial charge in [-0.15, -0.1) is 0 Å². The number of hydrogen-bond acceptors (Lipinski definition) is 7. The van der Waals surface area contributed by atoms with Crippen LogP contribution >= 0.6 is 0 Å². The molecule has 4 rings (SSSR count). The molecule has 2 fully saturated rings. The predicted molar refractivity (Wildman–Crippen MR) is 129 cm³/mol. The molecule has 0 unspecified atom stereocenters. The second-order valence-corrected chi connectivity index (χ2v) is 13.4. The molecule has 1 N–H and O–H groups in total. The van der Waals surface area contributed by atoms with Crippen LogP contribution in [0.4, 0.5) is 5.82 Å². The Morgan fingerprint density at radius 3 is 2.47 bits per heavy atom. The second-order valence-electron chi connectivity index (χ2n) is 9.71. The summed E-state index contributed by atoms with van der Waals surface area (Å²) in [4.78, 5) is 19.9. The topological polar surface area (TPSA) is 79.5 Å². The number of morpholine rings is 1. The van der Waals surface area contributed by atoms with Crippen molar-refractivity contribution < 1.29 is 9.84 Å². The monoisotopic (exact) mass is 550 g/mol. The standard InChI is InChI=1S/C19H29N6O2.C4H9.Sn/c1-19(2,26)14-4-6-24(7-5-14)12-15-22-16-17(23(15)3)20-13-21-18(16)25-8-10-27-11-9-25;1-3-4-2;/h14,26H,4-12H2,1-3H3;1,3-4H2,2H3;. The van der Waals surface area contributed by atoms with E-state index in [4.69, 9.17) is 19.7 Å². The van der Waals surface area contributed by atoms with E-state index < -0.39 is 26.7 Å². The van der Waals surface area contributed by atoms with Crippen molar-refractivity contribution in [3.63, 3.8) is 0 Å². The van der Waals surface area contributed by atoms with Gasteiger partial charge in [-0.3, -0.25) is 0 Å². The number of anilines is 1. The van der Waals surface area contributed by atoms with Crippen LogP contribution in [0.3, 0.4) is 0 Å². The minimum atomic E-state index is -0.784. The summed E-state index contributed by atoms with van der Waals surface area (Å²) in [5.41, 5.74) is 1.33. The maximum atomic E-state index is 10.4. The van der Waals surface area contributed by atoms with Crippen LogP contribution in [0.1, 0.15) is 52.3 Å². The van der Waals surface area contributed by atoms with Gasteiger partial charge in [0.25, 0.3) is 0 Å². The molecule has 2 saturated heterocycles. The number of aliphatic hydroxyl groups is 1. The number of imidazole rings is 1. The maximum absolute atomic E-state index is 10.4. The molecule has 4 heterocycles. The van der Waals surface area contributed by atoms with Crippen molar-refractivity contribution in [2.75, 3.05) is 44.3 Å². The summed E-state index contributed by atoms with van der Waals surface area (Å²) in [5.74, 6) is 2.43. The number of hydrogen-bond donors (Lipinski definition) is 1. The first-order valence-corrected chi connectivity index (χ1v) is 15.6. The first-order valence-electron chi connectivity index (χ1n) is 12.1. The Morgan fingerprint density at radius 2 is 1.81 bits per heavy atom. The number of rotatable bonds is 8. The summed E-state index contributed by atoms with van der Waals surface area (Å²) in [6.45, 7) is 12.1. The fourth-order valence-electron chi connectivity index (χ4n) is 4.68. The van der Waals surface area contributed by atoms with Gasteiger partial charge in [0.1, 0.15) is 0 Å². The molecule has 0 atom stereocenters. The summed E-state index contributed by atoms with van der Waals surface area (Å²) in [5, 5.41) is 10.4. The molecule has 9 heteroatoms. The zero-order valence-electron chi connectivity index (χ0n) is 20.1. The van der Waals surface area contributed by atoms with E-state index >= 15 is 0 Å². The predicted octanol–water partition coefficient (Wildman–Crippen LogP) is 1.73. The molecule has 2 aliphatic rings. The molecular formula is C23H38N6O2Sn.